The molecule has 3 nitrogen and oxygen atoms in total. The summed E-state index contributed by atoms with van der Waals surface area (Å²) in [6.45, 7) is 1.91. The van der Waals surface area contributed by atoms with E-state index in [-0.39, 0.29) is 5.97 Å². The van der Waals surface area contributed by atoms with Crippen LogP contribution in [0.1, 0.15) is 13.3 Å². The molecule has 0 radical (unpaired) electrons. The molecule has 0 saturated carbocycles. The molecule has 0 amide bonds. The summed E-state index contributed by atoms with van der Waals surface area (Å²) in [6.07, 6.45) is 1.95. The number of carbonyl (C=O) groups excluding carboxylic acids is 1. The van der Waals surface area contributed by atoms with Gasteiger partial charge < -0.3 is 9.47 Å². The summed E-state index contributed by atoms with van der Waals surface area (Å²) in [5.74, 6) is -0.255. The van der Waals surface area contributed by atoms with Gasteiger partial charge in [-0.25, -0.2) is 4.79 Å². The van der Waals surface area contributed by atoms with E-state index in [1.807, 2.05) is 6.92 Å². The molecule has 1 heterocycles. The van der Waals surface area contributed by atoms with E-state index in [1.54, 1.807) is 6.08 Å². The van der Waals surface area contributed by atoms with Gasteiger partial charge in [-0.3, -0.25) is 0 Å². The minimum atomic E-state index is -0.456. The van der Waals surface area contributed by atoms with E-state index in [9.17, 15) is 4.79 Å². The zero-order valence-corrected chi connectivity index (χ0v) is 6.09. The average molecular weight is 142 g/mol. The van der Waals surface area contributed by atoms with Crippen molar-refractivity contribution in [1.29, 1.82) is 0 Å². The SMILES string of the molecule is CCC1=CC(OC)OC1=O. The van der Waals surface area contributed by atoms with Crippen molar-refractivity contribution in [2.45, 2.75) is 19.6 Å². The molecular formula is C7H10O3. The number of carbonyl (C=O) groups is 1. The molecule has 0 aromatic rings. The molecule has 10 heavy (non-hydrogen) atoms. The fourth-order valence-electron chi connectivity index (χ4n) is 0.826. The van der Waals surface area contributed by atoms with Crippen molar-refractivity contribution >= 4 is 5.97 Å². The molecule has 56 valence electrons. The first kappa shape index (κ1) is 7.28. The molecule has 3 heteroatoms. The highest BCUT2D eigenvalue weighted by molar-refractivity contribution is 5.90. The summed E-state index contributed by atoms with van der Waals surface area (Å²) < 4.78 is 9.55. The van der Waals surface area contributed by atoms with Gasteiger partial charge in [0.25, 0.3) is 0 Å². The molecule has 0 fully saturated rings. The van der Waals surface area contributed by atoms with Crippen LogP contribution in [0.3, 0.4) is 0 Å². The van der Waals surface area contributed by atoms with E-state index in [0.717, 1.165) is 0 Å². The van der Waals surface area contributed by atoms with Crippen molar-refractivity contribution in [2.24, 2.45) is 0 Å². The van der Waals surface area contributed by atoms with Gasteiger partial charge in [-0.15, -0.1) is 0 Å². The lowest BCUT2D eigenvalue weighted by molar-refractivity contribution is -0.155. The lowest BCUT2D eigenvalue weighted by atomic mass is 10.2. The highest BCUT2D eigenvalue weighted by Crippen LogP contribution is 2.15. The number of cyclic esters (lactones) is 1. The maximum atomic E-state index is 10.8. The van der Waals surface area contributed by atoms with Crippen molar-refractivity contribution in [3.8, 4) is 0 Å². The number of ether oxygens (including phenoxy) is 2. The Morgan fingerprint density at radius 3 is 2.80 bits per heavy atom. The van der Waals surface area contributed by atoms with Gasteiger partial charge in [0, 0.05) is 12.7 Å². The third-order valence-corrected chi connectivity index (χ3v) is 1.44. The lowest BCUT2D eigenvalue weighted by Crippen LogP contribution is -2.09. The standard InChI is InChI=1S/C7H10O3/c1-3-5-4-6(9-2)10-7(5)8/h4,6H,3H2,1-2H3. The van der Waals surface area contributed by atoms with Gasteiger partial charge in [0.2, 0.25) is 6.29 Å². The highest BCUT2D eigenvalue weighted by atomic mass is 16.7. The second kappa shape index (κ2) is 2.84. The van der Waals surface area contributed by atoms with Crippen LogP contribution in [0.25, 0.3) is 0 Å². The van der Waals surface area contributed by atoms with Gasteiger partial charge in [0.05, 0.1) is 0 Å². The number of esters is 1. The molecule has 0 aromatic heterocycles. The van der Waals surface area contributed by atoms with Crippen molar-refractivity contribution in [3.05, 3.63) is 11.6 Å². The second-order valence-corrected chi connectivity index (χ2v) is 2.05. The minimum absolute atomic E-state index is 0.255. The van der Waals surface area contributed by atoms with Crippen molar-refractivity contribution in [3.63, 3.8) is 0 Å². The van der Waals surface area contributed by atoms with Crippen molar-refractivity contribution < 1.29 is 14.3 Å². The molecule has 0 saturated heterocycles. The Hall–Kier alpha value is -0.830. The first-order valence-electron chi connectivity index (χ1n) is 3.22. The summed E-state index contributed by atoms with van der Waals surface area (Å²) in [7, 11) is 1.51. The number of hydrogen-bond acceptors (Lipinski definition) is 3. The Morgan fingerprint density at radius 2 is 2.50 bits per heavy atom. The van der Waals surface area contributed by atoms with Crippen molar-refractivity contribution in [1.82, 2.24) is 0 Å². The molecule has 0 aromatic carbocycles. The van der Waals surface area contributed by atoms with Gasteiger partial charge in [0.15, 0.2) is 0 Å². The Morgan fingerprint density at radius 1 is 1.80 bits per heavy atom. The largest absolute Gasteiger partial charge is 0.429 e. The normalized spacial score (nSPS) is 24.4. The summed E-state index contributed by atoms with van der Waals surface area (Å²) in [5.41, 5.74) is 0.701. The van der Waals surface area contributed by atoms with Crippen LogP contribution < -0.4 is 0 Å². The second-order valence-electron chi connectivity index (χ2n) is 2.05. The Bertz CT molecular complexity index is 172. The van der Waals surface area contributed by atoms with Gasteiger partial charge in [0.1, 0.15) is 0 Å². The molecule has 1 rings (SSSR count). The quantitative estimate of drug-likeness (QED) is 0.536. The maximum Gasteiger partial charge on any atom is 0.336 e. The van der Waals surface area contributed by atoms with Crippen LogP contribution in [0.5, 0.6) is 0 Å². The fraction of sp³-hybridized carbons (Fsp3) is 0.571. The number of rotatable bonds is 2. The van der Waals surface area contributed by atoms with Crippen LogP contribution in [0, 0.1) is 0 Å². The molecule has 1 aliphatic rings. The van der Waals surface area contributed by atoms with Crippen molar-refractivity contribution in [2.75, 3.05) is 7.11 Å². The van der Waals surface area contributed by atoms with E-state index >= 15 is 0 Å². The van der Waals surface area contributed by atoms with Crippen LogP contribution in [0.4, 0.5) is 0 Å². The summed E-state index contributed by atoms with van der Waals surface area (Å²) >= 11 is 0. The molecule has 1 unspecified atom stereocenters. The Balaban J connectivity index is 2.63. The zero-order valence-electron chi connectivity index (χ0n) is 6.09. The molecule has 1 atom stereocenters. The predicted molar refractivity (Wildman–Crippen MR) is 35.3 cm³/mol. The van der Waals surface area contributed by atoms with Crippen LogP contribution in [-0.2, 0) is 14.3 Å². The van der Waals surface area contributed by atoms with Crippen LogP contribution in [0.2, 0.25) is 0 Å². The highest BCUT2D eigenvalue weighted by Gasteiger charge is 2.22. The van der Waals surface area contributed by atoms with Gasteiger partial charge in [-0.05, 0) is 12.5 Å². The van der Waals surface area contributed by atoms with Crippen LogP contribution >= 0.6 is 0 Å². The zero-order chi connectivity index (χ0) is 7.56. The summed E-state index contributed by atoms with van der Waals surface area (Å²) in [4.78, 5) is 10.8. The first-order valence-corrected chi connectivity index (χ1v) is 3.22. The van der Waals surface area contributed by atoms with E-state index in [4.69, 9.17) is 9.47 Å². The smallest absolute Gasteiger partial charge is 0.336 e. The van der Waals surface area contributed by atoms with Crippen LogP contribution in [0.15, 0.2) is 11.6 Å². The average Bonchev–Trinajstić information content (AvgIpc) is 2.30. The van der Waals surface area contributed by atoms with Gasteiger partial charge >= 0.3 is 5.97 Å². The maximum absolute atomic E-state index is 10.8. The van der Waals surface area contributed by atoms with Gasteiger partial charge in [-0.1, -0.05) is 6.92 Å². The Kier molecular flexibility index (Phi) is 2.06. The molecule has 1 aliphatic heterocycles. The molecule has 0 aliphatic carbocycles. The van der Waals surface area contributed by atoms with E-state index in [1.165, 1.54) is 7.11 Å². The molecule has 0 spiro atoms. The predicted octanol–water partition coefficient (Wildman–Crippen LogP) is 0.852. The lowest BCUT2D eigenvalue weighted by Gasteiger charge is -2.02. The van der Waals surface area contributed by atoms with Gasteiger partial charge in [-0.2, -0.15) is 0 Å². The third-order valence-electron chi connectivity index (χ3n) is 1.44. The molecular weight excluding hydrogens is 132 g/mol. The molecule has 0 bridgehead atoms. The number of hydrogen-bond donors (Lipinski definition) is 0. The van der Waals surface area contributed by atoms with E-state index < -0.39 is 6.29 Å². The molecule has 0 N–H and O–H groups in total. The van der Waals surface area contributed by atoms with E-state index in [2.05, 4.69) is 0 Å². The fourth-order valence-corrected chi connectivity index (χ4v) is 0.826. The van der Waals surface area contributed by atoms with Crippen LogP contribution in [-0.4, -0.2) is 19.4 Å². The Labute approximate surface area is 59.6 Å². The third kappa shape index (κ3) is 1.19. The monoisotopic (exact) mass is 142 g/mol. The van der Waals surface area contributed by atoms with E-state index in [0.29, 0.717) is 12.0 Å². The topological polar surface area (TPSA) is 35.5 Å². The first-order chi connectivity index (χ1) is 4.77. The summed E-state index contributed by atoms with van der Waals surface area (Å²) in [6, 6.07) is 0. The summed E-state index contributed by atoms with van der Waals surface area (Å²) in [5, 5.41) is 0. The number of methoxy groups -OCH3 is 1. The minimum Gasteiger partial charge on any atom is -0.429 e.